The summed E-state index contributed by atoms with van der Waals surface area (Å²) in [5.41, 5.74) is 3.73. The highest BCUT2D eigenvalue weighted by Gasteiger charge is 2.13. The Bertz CT molecular complexity index is 972. The van der Waals surface area contributed by atoms with E-state index in [1.54, 1.807) is 36.6 Å². The van der Waals surface area contributed by atoms with Crippen LogP contribution in [-0.2, 0) is 6.54 Å². The Labute approximate surface area is 167 Å². The molecule has 0 aliphatic rings. The van der Waals surface area contributed by atoms with E-state index in [0.717, 1.165) is 21.1 Å². The highest BCUT2D eigenvalue weighted by molar-refractivity contribution is 7.15. The highest BCUT2D eigenvalue weighted by atomic mass is 35.5. The molecule has 0 bridgehead atoms. The molecule has 5 nitrogen and oxygen atoms in total. The SMILES string of the molecule is COc1ccc(Cl)cc1NC(=O)NCc1sc(-c2ccccc2C)nc1C. The van der Waals surface area contributed by atoms with Crippen LogP contribution >= 0.6 is 22.9 Å². The standard InChI is InChI=1S/C20H20ClN3O2S/c1-12-6-4-5-7-15(12)19-23-13(2)18(27-19)11-22-20(25)24-16-10-14(21)8-9-17(16)26-3/h4-10H,11H2,1-3H3,(H2,22,24,25). The molecule has 0 saturated carbocycles. The third-order valence-electron chi connectivity index (χ3n) is 4.09. The number of urea groups is 1. The number of carbonyl (C=O) groups excluding carboxylic acids is 1. The Morgan fingerprint density at radius 2 is 2.00 bits per heavy atom. The summed E-state index contributed by atoms with van der Waals surface area (Å²) in [6, 6.07) is 12.9. The largest absolute Gasteiger partial charge is 0.495 e. The molecule has 2 amide bonds. The van der Waals surface area contributed by atoms with Crippen molar-refractivity contribution < 1.29 is 9.53 Å². The highest BCUT2D eigenvalue weighted by Crippen LogP contribution is 2.30. The molecule has 0 aliphatic heterocycles. The van der Waals surface area contributed by atoms with Crippen LogP contribution in [-0.4, -0.2) is 18.1 Å². The Morgan fingerprint density at radius 1 is 1.22 bits per heavy atom. The monoisotopic (exact) mass is 401 g/mol. The number of nitrogens with one attached hydrogen (secondary N) is 2. The van der Waals surface area contributed by atoms with Crippen molar-refractivity contribution in [3.8, 4) is 16.3 Å². The summed E-state index contributed by atoms with van der Waals surface area (Å²) in [6.45, 7) is 4.41. The maximum atomic E-state index is 12.3. The van der Waals surface area contributed by atoms with E-state index >= 15 is 0 Å². The number of amides is 2. The van der Waals surface area contributed by atoms with Gasteiger partial charge in [-0.25, -0.2) is 9.78 Å². The minimum Gasteiger partial charge on any atom is -0.495 e. The molecule has 0 spiro atoms. The third kappa shape index (κ3) is 4.59. The average Bonchev–Trinajstić information content (AvgIpc) is 3.01. The van der Waals surface area contributed by atoms with Gasteiger partial charge in [-0.3, -0.25) is 0 Å². The van der Waals surface area contributed by atoms with Gasteiger partial charge in [-0.2, -0.15) is 0 Å². The van der Waals surface area contributed by atoms with Crippen LogP contribution in [0.2, 0.25) is 5.02 Å². The number of methoxy groups -OCH3 is 1. The molecule has 27 heavy (non-hydrogen) atoms. The molecular formula is C20H20ClN3O2S. The number of halogens is 1. The Kier molecular flexibility index (Phi) is 5.98. The van der Waals surface area contributed by atoms with Crippen LogP contribution in [0.5, 0.6) is 5.75 Å². The van der Waals surface area contributed by atoms with E-state index in [2.05, 4.69) is 34.7 Å². The first-order valence-corrected chi connectivity index (χ1v) is 9.58. The Hall–Kier alpha value is -2.57. The normalized spacial score (nSPS) is 10.5. The number of benzene rings is 2. The van der Waals surface area contributed by atoms with E-state index in [9.17, 15) is 4.79 Å². The van der Waals surface area contributed by atoms with Crippen molar-refractivity contribution in [2.75, 3.05) is 12.4 Å². The number of aromatic nitrogens is 1. The summed E-state index contributed by atoms with van der Waals surface area (Å²) in [5, 5.41) is 7.10. The molecule has 0 aliphatic carbocycles. The maximum absolute atomic E-state index is 12.3. The number of rotatable bonds is 5. The van der Waals surface area contributed by atoms with E-state index in [-0.39, 0.29) is 6.03 Å². The van der Waals surface area contributed by atoms with Crippen molar-refractivity contribution in [2.45, 2.75) is 20.4 Å². The molecule has 0 saturated heterocycles. The summed E-state index contributed by atoms with van der Waals surface area (Å²) < 4.78 is 5.24. The molecule has 0 unspecified atom stereocenters. The van der Waals surface area contributed by atoms with Crippen molar-refractivity contribution in [1.82, 2.24) is 10.3 Å². The van der Waals surface area contributed by atoms with Crippen LogP contribution in [0, 0.1) is 13.8 Å². The van der Waals surface area contributed by atoms with Gasteiger partial charge < -0.3 is 15.4 Å². The fourth-order valence-corrected chi connectivity index (χ4v) is 3.89. The molecule has 3 aromatic rings. The quantitative estimate of drug-likeness (QED) is 0.600. The Balaban J connectivity index is 1.68. The van der Waals surface area contributed by atoms with Gasteiger partial charge in [-0.15, -0.1) is 11.3 Å². The molecule has 140 valence electrons. The minimum absolute atomic E-state index is 0.333. The van der Waals surface area contributed by atoms with Gasteiger partial charge in [0.1, 0.15) is 10.8 Å². The van der Waals surface area contributed by atoms with Crippen molar-refractivity contribution >= 4 is 34.7 Å². The van der Waals surface area contributed by atoms with Crippen LogP contribution in [0.25, 0.3) is 10.6 Å². The predicted molar refractivity (Wildman–Crippen MR) is 111 cm³/mol. The lowest BCUT2D eigenvalue weighted by Crippen LogP contribution is -2.28. The van der Waals surface area contributed by atoms with Crippen molar-refractivity contribution in [3.63, 3.8) is 0 Å². The summed E-state index contributed by atoms with van der Waals surface area (Å²) in [7, 11) is 1.54. The molecule has 2 N–H and O–H groups in total. The number of hydrogen-bond donors (Lipinski definition) is 2. The molecule has 7 heteroatoms. The number of ether oxygens (including phenoxy) is 1. The van der Waals surface area contributed by atoms with Gasteiger partial charge in [-0.05, 0) is 37.6 Å². The second kappa shape index (κ2) is 8.41. The van der Waals surface area contributed by atoms with E-state index in [4.69, 9.17) is 16.3 Å². The number of thiazole rings is 1. The first kappa shape index (κ1) is 19.2. The van der Waals surface area contributed by atoms with E-state index in [0.29, 0.717) is 23.0 Å². The zero-order chi connectivity index (χ0) is 19.4. The maximum Gasteiger partial charge on any atom is 0.319 e. The van der Waals surface area contributed by atoms with Gasteiger partial charge in [0.2, 0.25) is 0 Å². The lowest BCUT2D eigenvalue weighted by Gasteiger charge is -2.11. The van der Waals surface area contributed by atoms with Crippen LogP contribution < -0.4 is 15.4 Å². The van der Waals surface area contributed by atoms with E-state index in [1.165, 1.54) is 5.56 Å². The first-order valence-electron chi connectivity index (χ1n) is 8.38. The zero-order valence-corrected chi connectivity index (χ0v) is 16.9. The topological polar surface area (TPSA) is 63.2 Å². The van der Waals surface area contributed by atoms with Gasteiger partial charge in [-0.1, -0.05) is 35.9 Å². The van der Waals surface area contributed by atoms with Crippen LogP contribution in [0.1, 0.15) is 16.1 Å². The van der Waals surface area contributed by atoms with Gasteiger partial charge in [0, 0.05) is 15.5 Å². The Morgan fingerprint density at radius 3 is 2.74 bits per heavy atom. The fourth-order valence-electron chi connectivity index (χ4n) is 2.63. The predicted octanol–water partition coefficient (Wildman–Crippen LogP) is 5.41. The number of carbonyl (C=O) groups is 1. The van der Waals surface area contributed by atoms with Crippen molar-refractivity contribution in [3.05, 3.63) is 63.6 Å². The molecule has 1 heterocycles. The first-order chi connectivity index (χ1) is 13.0. The fraction of sp³-hybridized carbons (Fsp3) is 0.200. The van der Waals surface area contributed by atoms with Gasteiger partial charge in [0.05, 0.1) is 25.0 Å². The average molecular weight is 402 g/mol. The number of aryl methyl sites for hydroxylation is 2. The molecular weight excluding hydrogens is 382 g/mol. The lowest BCUT2D eigenvalue weighted by atomic mass is 10.1. The number of anilines is 1. The zero-order valence-electron chi connectivity index (χ0n) is 15.3. The summed E-state index contributed by atoms with van der Waals surface area (Å²) in [5.74, 6) is 0.547. The smallest absolute Gasteiger partial charge is 0.319 e. The third-order valence-corrected chi connectivity index (χ3v) is 5.51. The summed E-state index contributed by atoms with van der Waals surface area (Å²) in [6.07, 6.45) is 0. The number of hydrogen-bond acceptors (Lipinski definition) is 4. The lowest BCUT2D eigenvalue weighted by molar-refractivity contribution is 0.251. The van der Waals surface area contributed by atoms with Crippen molar-refractivity contribution in [2.24, 2.45) is 0 Å². The summed E-state index contributed by atoms with van der Waals surface area (Å²) >= 11 is 7.58. The summed E-state index contributed by atoms with van der Waals surface area (Å²) in [4.78, 5) is 17.9. The molecule has 3 rings (SSSR count). The molecule has 1 aromatic heterocycles. The van der Waals surface area contributed by atoms with Gasteiger partial charge in [0.15, 0.2) is 0 Å². The minimum atomic E-state index is -0.333. The molecule has 0 atom stereocenters. The van der Waals surface area contributed by atoms with Gasteiger partial charge in [0.25, 0.3) is 0 Å². The van der Waals surface area contributed by atoms with Crippen LogP contribution in [0.3, 0.4) is 0 Å². The molecule has 0 fully saturated rings. The van der Waals surface area contributed by atoms with E-state index < -0.39 is 0 Å². The van der Waals surface area contributed by atoms with Gasteiger partial charge >= 0.3 is 6.03 Å². The molecule has 0 radical (unpaired) electrons. The second-order valence-corrected chi connectivity index (χ2v) is 7.51. The van der Waals surface area contributed by atoms with E-state index in [1.807, 2.05) is 19.1 Å². The van der Waals surface area contributed by atoms with Crippen molar-refractivity contribution in [1.29, 1.82) is 0 Å². The van der Waals surface area contributed by atoms with Crippen LogP contribution in [0.4, 0.5) is 10.5 Å². The molecule has 2 aromatic carbocycles. The van der Waals surface area contributed by atoms with Crippen LogP contribution in [0.15, 0.2) is 42.5 Å². The second-order valence-electron chi connectivity index (χ2n) is 5.99. The number of nitrogens with zero attached hydrogens (tertiary/aromatic N) is 1.